The zero-order chi connectivity index (χ0) is 13.1. The fraction of sp³-hybridized carbons (Fsp3) is 0.625. The molecule has 2 heteroatoms. The molecule has 1 saturated carbocycles. The Morgan fingerprint density at radius 3 is 2.50 bits per heavy atom. The van der Waals surface area contributed by atoms with Crippen molar-refractivity contribution in [3.63, 3.8) is 0 Å². The minimum atomic E-state index is -0.151. The Labute approximate surface area is 109 Å². The zero-order valence-corrected chi connectivity index (χ0v) is 11.4. The van der Waals surface area contributed by atoms with Gasteiger partial charge in [0.2, 0.25) is 0 Å². The molecule has 0 heterocycles. The van der Waals surface area contributed by atoms with Gasteiger partial charge in [0.05, 0.1) is 0 Å². The summed E-state index contributed by atoms with van der Waals surface area (Å²) in [5.74, 6) is 0.847. The van der Waals surface area contributed by atoms with E-state index in [9.17, 15) is 9.50 Å². The highest BCUT2D eigenvalue weighted by Gasteiger charge is 2.18. The van der Waals surface area contributed by atoms with Crippen LogP contribution in [0.25, 0.3) is 0 Å². The van der Waals surface area contributed by atoms with Gasteiger partial charge in [0.15, 0.2) is 0 Å². The average molecular weight is 250 g/mol. The van der Waals surface area contributed by atoms with Crippen LogP contribution in [0.1, 0.15) is 63.0 Å². The van der Waals surface area contributed by atoms with Crippen LogP contribution in [0.4, 0.5) is 4.39 Å². The van der Waals surface area contributed by atoms with Crippen molar-refractivity contribution in [3.8, 4) is 5.75 Å². The van der Waals surface area contributed by atoms with Gasteiger partial charge in [-0.25, -0.2) is 4.39 Å². The van der Waals surface area contributed by atoms with Crippen LogP contribution in [0.15, 0.2) is 12.1 Å². The summed E-state index contributed by atoms with van der Waals surface area (Å²) in [5, 5.41) is 9.95. The molecule has 0 spiro atoms. The van der Waals surface area contributed by atoms with E-state index in [4.69, 9.17) is 0 Å². The van der Waals surface area contributed by atoms with Crippen LogP contribution in [0.5, 0.6) is 5.75 Å². The molecule has 1 aromatic rings. The van der Waals surface area contributed by atoms with Crippen molar-refractivity contribution >= 4 is 0 Å². The molecule has 0 bridgehead atoms. The molecular weight excluding hydrogens is 227 g/mol. The van der Waals surface area contributed by atoms with E-state index in [2.05, 4.69) is 0 Å². The van der Waals surface area contributed by atoms with Crippen LogP contribution < -0.4 is 0 Å². The quantitative estimate of drug-likeness (QED) is 0.818. The van der Waals surface area contributed by atoms with Gasteiger partial charge in [-0.2, -0.15) is 0 Å². The molecule has 18 heavy (non-hydrogen) atoms. The van der Waals surface area contributed by atoms with Gasteiger partial charge in [-0.1, -0.05) is 46.0 Å². The molecule has 1 fully saturated rings. The van der Waals surface area contributed by atoms with E-state index in [0.717, 1.165) is 6.42 Å². The fourth-order valence-corrected chi connectivity index (χ4v) is 2.94. The third kappa shape index (κ3) is 3.04. The van der Waals surface area contributed by atoms with Crippen molar-refractivity contribution in [1.29, 1.82) is 0 Å². The van der Waals surface area contributed by atoms with Crippen molar-refractivity contribution in [3.05, 3.63) is 29.1 Å². The first-order chi connectivity index (χ1) is 8.58. The first-order valence-electron chi connectivity index (χ1n) is 7.09. The Morgan fingerprint density at radius 2 is 1.89 bits per heavy atom. The summed E-state index contributed by atoms with van der Waals surface area (Å²) in [4.78, 5) is 0. The Bertz CT molecular complexity index is 406. The largest absolute Gasteiger partial charge is 0.508 e. The van der Waals surface area contributed by atoms with Crippen molar-refractivity contribution in [2.45, 2.75) is 58.3 Å². The molecule has 0 aliphatic heterocycles. The van der Waals surface area contributed by atoms with Gasteiger partial charge in [-0.15, -0.1) is 0 Å². The maximum atomic E-state index is 14.0. The summed E-state index contributed by atoms with van der Waals surface area (Å²) >= 11 is 0. The van der Waals surface area contributed by atoms with Gasteiger partial charge in [0.25, 0.3) is 0 Å². The van der Waals surface area contributed by atoms with Crippen LogP contribution in [-0.4, -0.2) is 5.11 Å². The minimum Gasteiger partial charge on any atom is -0.508 e. The number of rotatable bonds is 3. The van der Waals surface area contributed by atoms with Gasteiger partial charge in [-0.05, 0) is 41.5 Å². The molecule has 1 aliphatic carbocycles. The standard InChI is InChI=1S/C16H23FO/c1-11(2)14-10-15(17)13(9-16(14)18)8-12-6-4-3-5-7-12/h9-12,18H,3-8H2,1-2H3. The number of phenolic OH excluding ortho intramolecular Hbond substituents is 1. The first kappa shape index (κ1) is 13.4. The summed E-state index contributed by atoms with van der Waals surface area (Å²) in [5.41, 5.74) is 1.39. The molecule has 0 amide bonds. The summed E-state index contributed by atoms with van der Waals surface area (Å²) < 4.78 is 14.0. The minimum absolute atomic E-state index is 0.151. The predicted octanol–water partition coefficient (Wildman–Crippen LogP) is 4.78. The summed E-state index contributed by atoms with van der Waals surface area (Å²) in [6.45, 7) is 3.94. The Balaban J connectivity index is 2.15. The van der Waals surface area contributed by atoms with Gasteiger partial charge < -0.3 is 5.11 Å². The molecule has 1 nitrogen and oxygen atoms in total. The lowest BCUT2D eigenvalue weighted by molar-refractivity contribution is 0.352. The molecule has 0 aromatic heterocycles. The second-order valence-corrected chi connectivity index (χ2v) is 5.87. The SMILES string of the molecule is CC(C)c1cc(F)c(CC2CCCCC2)cc1O. The van der Waals surface area contributed by atoms with E-state index in [-0.39, 0.29) is 17.5 Å². The van der Waals surface area contributed by atoms with Crippen LogP contribution >= 0.6 is 0 Å². The van der Waals surface area contributed by atoms with Crippen LogP contribution in [0.3, 0.4) is 0 Å². The van der Waals surface area contributed by atoms with Crippen molar-refractivity contribution in [2.75, 3.05) is 0 Å². The van der Waals surface area contributed by atoms with Crippen molar-refractivity contribution in [2.24, 2.45) is 5.92 Å². The van der Waals surface area contributed by atoms with Gasteiger partial charge in [0, 0.05) is 0 Å². The topological polar surface area (TPSA) is 20.2 Å². The van der Waals surface area contributed by atoms with Gasteiger partial charge in [-0.3, -0.25) is 0 Å². The molecule has 0 radical (unpaired) electrons. The molecule has 2 rings (SSSR count). The maximum Gasteiger partial charge on any atom is 0.126 e. The normalized spacial score (nSPS) is 17.3. The number of halogens is 1. The van der Waals surface area contributed by atoms with Crippen molar-refractivity contribution < 1.29 is 9.50 Å². The Kier molecular flexibility index (Phi) is 4.26. The number of aromatic hydroxyl groups is 1. The number of hydrogen-bond donors (Lipinski definition) is 1. The summed E-state index contributed by atoms with van der Waals surface area (Å²) in [6.07, 6.45) is 7.03. The monoisotopic (exact) mass is 250 g/mol. The number of phenols is 1. The van der Waals surface area contributed by atoms with E-state index < -0.39 is 0 Å². The predicted molar refractivity (Wildman–Crippen MR) is 72.4 cm³/mol. The molecule has 1 aromatic carbocycles. The van der Waals surface area contributed by atoms with Crippen molar-refractivity contribution in [1.82, 2.24) is 0 Å². The first-order valence-corrected chi connectivity index (χ1v) is 7.09. The highest BCUT2D eigenvalue weighted by Crippen LogP contribution is 2.32. The average Bonchev–Trinajstić information content (AvgIpc) is 2.34. The molecule has 1 aliphatic rings. The number of hydrogen-bond acceptors (Lipinski definition) is 1. The van der Waals surface area contributed by atoms with E-state index in [0.29, 0.717) is 17.0 Å². The lowest BCUT2D eigenvalue weighted by Gasteiger charge is -2.22. The van der Waals surface area contributed by atoms with E-state index >= 15 is 0 Å². The lowest BCUT2D eigenvalue weighted by atomic mass is 9.84. The highest BCUT2D eigenvalue weighted by molar-refractivity contribution is 5.39. The van der Waals surface area contributed by atoms with Crippen LogP contribution in [0, 0.1) is 11.7 Å². The molecule has 0 atom stereocenters. The number of benzene rings is 1. The Morgan fingerprint density at radius 1 is 1.22 bits per heavy atom. The third-order valence-electron chi connectivity index (χ3n) is 4.05. The molecule has 1 N–H and O–H groups in total. The van der Waals surface area contributed by atoms with Gasteiger partial charge >= 0.3 is 0 Å². The van der Waals surface area contributed by atoms with Crippen LogP contribution in [0.2, 0.25) is 0 Å². The van der Waals surface area contributed by atoms with Crippen LogP contribution in [-0.2, 0) is 6.42 Å². The third-order valence-corrected chi connectivity index (χ3v) is 4.05. The van der Waals surface area contributed by atoms with E-state index in [1.807, 2.05) is 13.8 Å². The highest BCUT2D eigenvalue weighted by atomic mass is 19.1. The van der Waals surface area contributed by atoms with E-state index in [1.54, 1.807) is 6.07 Å². The molecule has 0 saturated heterocycles. The summed E-state index contributed by atoms with van der Waals surface area (Å²) in [7, 11) is 0. The Hall–Kier alpha value is -1.05. The maximum absolute atomic E-state index is 14.0. The molecule has 100 valence electrons. The second kappa shape index (κ2) is 5.73. The molecule has 0 unspecified atom stereocenters. The van der Waals surface area contributed by atoms with Gasteiger partial charge in [0.1, 0.15) is 11.6 Å². The second-order valence-electron chi connectivity index (χ2n) is 5.87. The fourth-order valence-electron chi connectivity index (χ4n) is 2.94. The lowest BCUT2D eigenvalue weighted by Crippen LogP contribution is -2.10. The summed E-state index contributed by atoms with van der Waals surface area (Å²) in [6, 6.07) is 3.15. The molecular formula is C16H23FO. The smallest absolute Gasteiger partial charge is 0.126 e. The zero-order valence-electron chi connectivity index (χ0n) is 11.4. The van der Waals surface area contributed by atoms with E-state index in [1.165, 1.54) is 38.2 Å².